The summed E-state index contributed by atoms with van der Waals surface area (Å²) in [7, 11) is 0. The van der Waals surface area contributed by atoms with Gasteiger partial charge in [-0.15, -0.1) is 0 Å². The second kappa shape index (κ2) is 4.50. The molecule has 1 atom stereocenters. The Kier molecular flexibility index (Phi) is 3.28. The number of rotatable bonds is 3. The fourth-order valence-corrected chi connectivity index (χ4v) is 1.19. The Balaban J connectivity index is 2.75. The molecule has 12 heavy (non-hydrogen) atoms. The van der Waals surface area contributed by atoms with Crippen LogP contribution in [0, 0.1) is 11.3 Å². The van der Waals surface area contributed by atoms with Crippen LogP contribution in [0.2, 0.25) is 0 Å². The zero-order valence-corrected chi connectivity index (χ0v) is 7.20. The van der Waals surface area contributed by atoms with E-state index in [4.69, 9.17) is 5.26 Å². The van der Waals surface area contributed by atoms with Crippen molar-refractivity contribution >= 4 is 0 Å². The molecule has 0 saturated heterocycles. The van der Waals surface area contributed by atoms with E-state index in [1.54, 1.807) is 12.4 Å². The van der Waals surface area contributed by atoms with E-state index in [2.05, 4.69) is 18.0 Å². The van der Waals surface area contributed by atoms with E-state index in [1.165, 1.54) is 0 Å². The van der Waals surface area contributed by atoms with Gasteiger partial charge in [-0.3, -0.25) is 4.98 Å². The van der Waals surface area contributed by atoms with Crippen LogP contribution < -0.4 is 0 Å². The first-order valence-electron chi connectivity index (χ1n) is 4.18. The van der Waals surface area contributed by atoms with E-state index < -0.39 is 0 Å². The summed E-state index contributed by atoms with van der Waals surface area (Å²) in [6.45, 7) is 2.09. The molecule has 0 aromatic carbocycles. The fourth-order valence-electron chi connectivity index (χ4n) is 1.19. The summed E-state index contributed by atoms with van der Waals surface area (Å²) >= 11 is 0. The van der Waals surface area contributed by atoms with Gasteiger partial charge in [0.2, 0.25) is 0 Å². The lowest BCUT2D eigenvalue weighted by Crippen LogP contribution is -1.94. The van der Waals surface area contributed by atoms with Crippen molar-refractivity contribution in [2.24, 2.45) is 0 Å². The smallest absolute Gasteiger partial charge is 0.0713 e. The van der Waals surface area contributed by atoms with E-state index in [-0.39, 0.29) is 5.92 Å². The van der Waals surface area contributed by atoms with Gasteiger partial charge in [-0.05, 0) is 24.1 Å². The standard InChI is InChI=1S/C10H12N2/c1-2-3-10(8-11)9-4-6-12-7-5-9/h4-7,10H,2-3H2,1H3. The molecule has 0 saturated carbocycles. The summed E-state index contributed by atoms with van der Waals surface area (Å²) in [5.74, 6) is 0.0398. The quantitative estimate of drug-likeness (QED) is 0.681. The Morgan fingerprint density at radius 2 is 2.17 bits per heavy atom. The van der Waals surface area contributed by atoms with Gasteiger partial charge in [0.1, 0.15) is 0 Å². The third-order valence-electron chi connectivity index (χ3n) is 1.84. The number of nitriles is 1. The van der Waals surface area contributed by atoms with E-state index >= 15 is 0 Å². The third kappa shape index (κ3) is 2.06. The molecule has 2 heteroatoms. The maximum Gasteiger partial charge on any atom is 0.0713 e. The third-order valence-corrected chi connectivity index (χ3v) is 1.84. The first-order valence-corrected chi connectivity index (χ1v) is 4.18. The highest BCUT2D eigenvalue weighted by Gasteiger charge is 2.07. The SMILES string of the molecule is CCCC(C#N)c1ccncc1. The molecule has 0 fully saturated rings. The zero-order chi connectivity index (χ0) is 8.81. The molecule has 1 unspecified atom stereocenters. The van der Waals surface area contributed by atoms with Gasteiger partial charge < -0.3 is 0 Å². The van der Waals surface area contributed by atoms with E-state index in [0.717, 1.165) is 18.4 Å². The molecule has 0 aliphatic rings. The van der Waals surface area contributed by atoms with Crippen molar-refractivity contribution in [2.45, 2.75) is 25.7 Å². The molecule has 1 aromatic heterocycles. The molecule has 1 rings (SSSR count). The van der Waals surface area contributed by atoms with Crippen molar-refractivity contribution in [3.8, 4) is 6.07 Å². The Hall–Kier alpha value is -1.36. The van der Waals surface area contributed by atoms with Crippen LogP contribution in [-0.2, 0) is 0 Å². The van der Waals surface area contributed by atoms with Gasteiger partial charge >= 0.3 is 0 Å². The van der Waals surface area contributed by atoms with Gasteiger partial charge in [0.15, 0.2) is 0 Å². The molecule has 2 nitrogen and oxygen atoms in total. The van der Waals surface area contributed by atoms with E-state index in [0.29, 0.717) is 0 Å². The highest BCUT2D eigenvalue weighted by Crippen LogP contribution is 2.18. The summed E-state index contributed by atoms with van der Waals surface area (Å²) in [4.78, 5) is 3.91. The van der Waals surface area contributed by atoms with Crippen molar-refractivity contribution in [2.75, 3.05) is 0 Å². The molecule has 0 aliphatic carbocycles. The highest BCUT2D eigenvalue weighted by atomic mass is 14.6. The van der Waals surface area contributed by atoms with Gasteiger partial charge in [-0.1, -0.05) is 13.3 Å². The molecule has 1 aromatic rings. The molecule has 62 valence electrons. The minimum Gasteiger partial charge on any atom is -0.265 e. The van der Waals surface area contributed by atoms with Gasteiger partial charge in [0.05, 0.1) is 12.0 Å². The normalized spacial score (nSPS) is 12.0. The maximum atomic E-state index is 8.84. The van der Waals surface area contributed by atoms with Crippen molar-refractivity contribution in [3.63, 3.8) is 0 Å². The number of pyridine rings is 1. The van der Waals surface area contributed by atoms with Crippen LogP contribution in [-0.4, -0.2) is 4.98 Å². The lowest BCUT2D eigenvalue weighted by atomic mass is 9.97. The van der Waals surface area contributed by atoms with Crippen molar-refractivity contribution < 1.29 is 0 Å². The molecular formula is C10H12N2. The van der Waals surface area contributed by atoms with Crippen LogP contribution in [0.25, 0.3) is 0 Å². The first kappa shape index (κ1) is 8.73. The molecule has 0 amide bonds. The Morgan fingerprint density at radius 3 is 2.67 bits per heavy atom. The fraction of sp³-hybridized carbons (Fsp3) is 0.400. The second-order valence-corrected chi connectivity index (χ2v) is 2.75. The van der Waals surface area contributed by atoms with Crippen LogP contribution in [0.3, 0.4) is 0 Å². The van der Waals surface area contributed by atoms with Gasteiger partial charge in [-0.2, -0.15) is 5.26 Å². The molecular weight excluding hydrogens is 148 g/mol. The highest BCUT2D eigenvalue weighted by molar-refractivity contribution is 5.21. The van der Waals surface area contributed by atoms with Crippen LogP contribution in [0.5, 0.6) is 0 Å². The first-order chi connectivity index (χ1) is 5.88. The largest absolute Gasteiger partial charge is 0.265 e. The van der Waals surface area contributed by atoms with Crippen LogP contribution in [0.15, 0.2) is 24.5 Å². The summed E-state index contributed by atoms with van der Waals surface area (Å²) in [5.41, 5.74) is 1.08. The predicted octanol–water partition coefficient (Wildman–Crippen LogP) is 2.49. The molecule has 0 spiro atoms. The molecule has 0 N–H and O–H groups in total. The minimum absolute atomic E-state index is 0.0398. The molecule has 0 bridgehead atoms. The monoisotopic (exact) mass is 160 g/mol. The topological polar surface area (TPSA) is 36.7 Å². The summed E-state index contributed by atoms with van der Waals surface area (Å²) in [6.07, 6.45) is 5.44. The lowest BCUT2D eigenvalue weighted by Gasteiger charge is -2.05. The number of nitrogens with zero attached hydrogens (tertiary/aromatic N) is 2. The molecule has 1 heterocycles. The molecule has 0 radical (unpaired) electrons. The Bertz CT molecular complexity index is 261. The maximum absolute atomic E-state index is 8.84. The lowest BCUT2D eigenvalue weighted by molar-refractivity contribution is 0.726. The Morgan fingerprint density at radius 1 is 1.50 bits per heavy atom. The summed E-state index contributed by atoms with van der Waals surface area (Å²) < 4.78 is 0. The van der Waals surface area contributed by atoms with Crippen molar-refractivity contribution in [3.05, 3.63) is 30.1 Å². The van der Waals surface area contributed by atoms with Crippen molar-refractivity contribution in [1.82, 2.24) is 4.98 Å². The summed E-state index contributed by atoms with van der Waals surface area (Å²) in [5, 5.41) is 8.84. The second-order valence-electron chi connectivity index (χ2n) is 2.75. The van der Waals surface area contributed by atoms with Gasteiger partial charge in [-0.25, -0.2) is 0 Å². The van der Waals surface area contributed by atoms with Crippen molar-refractivity contribution in [1.29, 1.82) is 5.26 Å². The van der Waals surface area contributed by atoms with Gasteiger partial charge in [0, 0.05) is 12.4 Å². The summed E-state index contributed by atoms with van der Waals surface area (Å²) in [6, 6.07) is 6.10. The average molecular weight is 160 g/mol. The zero-order valence-electron chi connectivity index (χ0n) is 7.20. The van der Waals surface area contributed by atoms with Crippen LogP contribution in [0.4, 0.5) is 0 Å². The molecule has 0 aliphatic heterocycles. The van der Waals surface area contributed by atoms with Crippen LogP contribution in [0.1, 0.15) is 31.2 Å². The van der Waals surface area contributed by atoms with E-state index in [9.17, 15) is 0 Å². The predicted molar refractivity (Wildman–Crippen MR) is 47.5 cm³/mol. The number of hydrogen-bond donors (Lipinski definition) is 0. The van der Waals surface area contributed by atoms with Gasteiger partial charge in [0.25, 0.3) is 0 Å². The Labute approximate surface area is 72.9 Å². The number of aromatic nitrogens is 1. The average Bonchev–Trinajstić information content (AvgIpc) is 2.15. The van der Waals surface area contributed by atoms with Crippen LogP contribution >= 0.6 is 0 Å². The van der Waals surface area contributed by atoms with E-state index in [1.807, 2.05) is 12.1 Å². The minimum atomic E-state index is 0.0398. The number of hydrogen-bond acceptors (Lipinski definition) is 2.